The lowest BCUT2D eigenvalue weighted by Gasteiger charge is -2.30. The van der Waals surface area contributed by atoms with Gasteiger partial charge in [0.25, 0.3) is 0 Å². The van der Waals surface area contributed by atoms with Crippen molar-refractivity contribution in [1.29, 1.82) is 0 Å². The highest BCUT2D eigenvalue weighted by atomic mass is 16.6. The molecule has 2 rings (SSSR count). The summed E-state index contributed by atoms with van der Waals surface area (Å²) in [5, 5.41) is 21.0. The predicted molar refractivity (Wildman–Crippen MR) is 68.7 cm³/mol. The molecule has 0 aromatic heterocycles. The Labute approximate surface area is 111 Å². The molecule has 1 saturated heterocycles. The minimum absolute atomic E-state index is 0.170. The van der Waals surface area contributed by atoms with Crippen LogP contribution < -0.4 is 0 Å². The maximum atomic E-state index is 10.9. The molecule has 8 nitrogen and oxygen atoms in total. The first-order chi connectivity index (χ1) is 9.08. The number of aliphatic imine (C=N–C) groups is 1. The number of rotatable bonds is 5. The first kappa shape index (κ1) is 14.2. The van der Waals surface area contributed by atoms with Crippen LogP contribution in [0.3, 0.4) is 0 Å². The fourth-order valence-electron chi connectivity index (χ4n) is 2.42. The first-order valence-electron chi connectivity index (χ1n) is 6.47. The van der Waals surface area contributed by atoms with Gasteiger partial charge in [-0.25, -0.2) is 0 Å². The quantitative estimate of drug-likeness (QED) is 0.511. The number of nitro groups is 1. The number of amidine groups is 1. The van der Waals surface area contributed by atoms with Crippen LogP contribution in [0.25, 0.3) is 0 Å². The minimum Gasteiger partial charge on any atom is -0.390 e. The second-order valence-electron chi connectivity index (χ2n) is 4.87. The van der Waals surface area contributed by atoms with Crippen molar-refractivity contribution in [3.8, 4) is 0 Å². The predicted octanol–water partition coefficient (Wildman–Crippen LogP) is -0.984. The Balaban J connectivity index is 1.84. The third-order valence-electron chi connectivity index (χ3n) is 3.48. The summed E-state index contributed by atoms with van der Waals surface area (Å²) in [6, 6.07) is 0. The zero-order chi connectivity index (χ0) is 13.8. The molecule has 2 unspecified atom stereocenters. The number of morpholine rings is 1. The lowest BCUT2D eigenvalue weighted by atomic mass is 10.2. The maximum absolute atomic E-state index is 10.9. The van der Waals surface area contributed by atoms with Crippen molar-refractivity contribution >= 4 is 5.84 Å². The molecule has 0 saturated carbocycles. The average molecular weight is 272 g/mol. The zero-order valence-electron chi connectivity index (χ0n) is 11.1. The second-order valence-corrected chi connectivity index (χ2v) is 4.87. The largest absolute Gasteiger partial charge is 0.390 e. The Bertz CT molecular complexity index is 357. The van der Waals surface area contributed by atoms with Crippen molar-refractivity contribution in [1.82, 2.24) is 9.80 Å². The van der Waals surface area contributed by atoms with E-state index in [9.17, 15) is 15.2 Å². The van der Waals surface area contributed by atoms with Crippen molar-refractivity contribution in [2.45, 2.75) is 19.2 Å². The van der Waals surface area contributed by atoms with Gasteiger partial charge in [-0.15, -0.1) is 0 Å². The smallest absolute Gasteiger partial charge is 0.307 e. The van der Waals surface area contributed by atoms with E-state index < -0.39 is 12.3 Å². The first-order valence-corrected chi connectivity index (χ1v) is 6.47. The van der Waals surface area contributed by atoms with Gasteiger partial charge >= 0.3 is 6.17 Å². The fourth-order valence-corrected chi connectivity index (χ4v) is 2.42. The van der Waals surface area contributed by atoms with Gasteiger partial charge in [0.05, 0.1) is 25.9 Å². The highest BCUT2D eigenvalue weighted by Gasteiger charge is 2.35. The molecular weight excluding hydrogens is 252 g/mol. The summed E-state index contributed by atoms with van der Waals surface area (Å²) in [5.74, 6) is 0.628. The molecule has 2 aliphatic heterocycles. The van der Waals surface area contributed by atoms with E-state index in [1.807, 2.05) is 0 Å². The summed E-state index contributed by atoms with van der Waals surface area (Å²) >= 11 is 0. The lowest BCUT2D eigenvalue weighted by Crippen LogP contribution is -2.49. The molecule has 0 spiro atoms. The molecule has 1 fully saturated rings. The topological polar surface area (TPSA) is 91.4 Å². The van der Waals surface area contributed by atoms with Crippen molar-refractivity contribution in [2.75, 3.05) is 45.9 Å². The normalized spacial score (nSPS) is 26.3. The van der Waals surface area contributed by atoms with Crippen molar-refractivity contribution in [2.24, 2.45) is 4.99 Å². The number of aliphatic hydroxyl groups excluding tert-OH is 1. The Morgan fingerprint density at radius 3 is 2.84 bits per heavy atom. The van der Waals surface area contributed by atoms with Crippen molar-refractivity contribution in [3.05, 3.63) is 10.1 Å². The Kier molecular flexibility index (Phi) is 4.67. The van der Waals surface area contributed by atoms with E-state index in [0.29, 0.717) is 25.6 Å². The maximum Gasteiger partial charge on any atom is 0.307 e. The van der Waals surface area contributed by atoms with E-state index in [-0.39, 0.29) is 18.0 Å². The van der Waals surface area contributed by atoms with Crippen molar-refractivity contribution in [3.63, 3.8) is 0 Å². The van der Waals surface area contributed by atoms with Gasteiger partial charge in [-0.2, -0.15) is 0 Å². The van der Waals surface area contributed by atoms with Gasteiger partial charge in [0.15, 0.2) is 0 Å². The summed E-state index contributed by atoms with van der Waals surface area (Å²) in [6.45, 7) is 5.61. The van der Waals surface area contributed by atoms with Gasteiger partial charge in [-0.3, -0.25) is 24.9 Å². The molecule has 8 heteroatoms. The SMILES string of the molecule is CC1=NCC([N+](=O)[O-])N1CC(O)CN1CCOCC1. The molecule has 0 radical (unpaired) electrons. The number of hydrogen-bond donors (Lipinski definition) is 1. The van der Waals surface area contributed by atoms with E-state index in [1.54, 1.807) is 11.8 Å². The monoisotopic (exact) mass is 272 g/mol. The molecule has 2 atom stereocenters. The molecule has 0 aromatic carbocycles. The van der Waals surface area contributed by atoms with E-state index in [2.05, 4.69) is 9.89 Å². The van der Waals surface area contributed by atoms with Gasteiger partial charge in [0, 0.05) is 24.6 Å². The molecule has 0 amide bonds. The summed E-state index contributed by atoms with van der Waals surface area (Å²) < 4.78 is 5.24. The Morgan fingerprint density at radius 1 is 1.53 bits per heavy atom. The summed E-state index contributed by atoms with van der Waals surface area (Å²) in [7, 11) is 0. The van der Waals surface area contributed by atoms with Crippen LogP contribution in [-0.2, 0) is 4.74 Å². The molecule has 108 valence electrons. The zero-order valence-corrected chi connectivity index (χ0v) is 11.1. The third kappa shape index (κ3) is 3.62. The standard InChI is InChI=1S/C11H20N4O4/c1-9-12-6-11(15(17)18)14(9)8-10(16)7-13-2-4-19-5-3-13/h10-11,16H,2-8H2,1H3. The summed E-state index contributed by atoms with van der Waals surface area (Å²) in [5.41, 5.74) is 0. The van der Waals surface area contributed by atoms with E-state index in [1.165, 1.54) is 0 Å². The molecule has 19 heavy (non-hydrogen) atoms. The van der Waals surface area contributed by atoms with Crippen LogP contribution >= 0.6 is 0 Å². The number of β-amino-alcohol motifs (C(OH)–C–C–N with tert-alkyl or cyclic N) is 1. The Morgan fingerprint density at radius 2 is 2.21 bits per heavy atom. The van der Waals surface area contributed by atoms with E-state index in [4.69, 9.17) is 4.74 Å². The molecule has 0 aliphatic carbocycles. The third-order valence-corrected chi connectivity index (χ3v) is 3.48. The Hall–Kier alpha value is -1.25. The van der Waals surface area contributed by atoms with Gasteiger partial charge in [-0.05, 0) is 6.92 Å². The molecule has 1 N–H and O–H groups in total. The van der Waals surface area contributed by atoms with Crippen LogP contribution in [0.5, 0.6) is 0 Å². The van der Waals surface area contributed by atoms with Crippen LogP contribution in [0, 0.1) is 10.1 Å². The fraction of sp³-hybridized carbons (Fsp3) is 0.909. The van der Waals surface area contributed by atoms with Gasteiger partial charge in [-0.1, -0.05) is 0 Å². The summed E-state index contributed by atoms with van der Waals surface area (Å²) in [4.78, 5) is 18.3. The number of ether oxygens (including phenoxy) is 1. The van der Waals surface area contributed by atoms with Crippen LogP contribution in [0.4, 0.5) is 0 Å². The van der Waals surface area contributed by atoms with Crippen LogP contribution in [0.15, 0.2) is 4.99 Å². The number of aliphatic hydroxyl groups is 1. The van der Waals surface area contributed by atoms with Gasteiger partial charge in [0.2, 0.25) is 0 Å². The van der Waals surface area contributed by atoms with Crippen molar-refractivity contribution < 1.29 is 14.8 Å². The lowest BCUT2D eigenvalue weighted by molar-refractivity contribution is -0.539. The summed E-state index contributed by atoms with van der Waals surface area (Å²) in [6.07, 6.45) is -1.46. The van der Waals surface area contributed by atoms with Crippen LogP contribution in [-0.4, -0.2) is 83.9 Å². The van der Waals surface area contributed by atoms with Gasteiger partial charge < -0.3 is 9.84 Å². The number of nitrogens with zero attached hydrogens (tertiary/aromatic N) is 4. The van der Waals surface area contributed by atoms with Crippen LogP contribution in [0.2, 0.25) is 0 Å². The highest BCUT2D eigenvalue weighted by molar-refractivity contribution is 5.81. The molecule has 0 bridgehead atoms. The molecular formula is C11H20N4O4. The molecule has 2 aliphatic rings. The highest BCUT2D eigenvalue weighted by Crippen LogP contribution is 2.12. The van der Waals surface area contributed by atoms with Crippen LogP contribution in [0.1, 0.15) is 6.92 Å². The van der Waals surface area contributed by atoms with E-state index >= 15 is 0 Å². The second kappa shape index (κ2) is 6.27. The van der Waals surface area contributed by atoms with Gasteiger partial charge in [0.1, 0.15) is 12.4 Å². The molecule has 2 heterocycles. The number of hydrogen-bond acceptors (Lipinski definition) is 7. The minimum atomic E-state index is -0.834. The molecule has 0 aromatic rings. The average Bonchev–Trinajstić information content (AvgIpc) is 2.72. The van der Waals surface area contributed by atoms with E-state index in [0.717, 1.165) is 13.1 Å².